The molecule has 2 amide bonds. The Balaban J connectivity index is 1.68. The van der Waals surface area contributed by atoms with Crippen LogP contribution in [0.25, 0.3) is 0 Å². The third kappa shape index (κ3) is 6.42. The predicted molar refractivity (Wildman–Crippen MR) is 134 cm³/mol. The fourth-order valence-corrected chi connectivity index (χ4v) is 5.69. The van der Waals surface area contributed by atoms with Gasteiger partial charge < -0.3 is 19.8 Å². The Morgan fingerprint density at radius 1 is 1.08 bits per heavy atom. The highest BCUT2D eigenvalue weighted by Gasteiger charge is 2.59. The van der Waals surface area contributed by atoms with Crippen LogP contribution < -0.4 is 0 Å². The minimum atomic E-state index is -1.14. The number of nitrogens with zero attached hydrogens (tertiary/aromatic N) is 2. The number of fused-ring (bicyclic) bond motifs is 3. The zero-order valence-corrected chi connectivity index (χ0v) is 21.8. The van der Waals surface area contributed by atoms with E-state index in [1.807, 2.05) is 13.0 Å². The van der Waals surface area contributed by atoms with Gasteiger partial charge in [0, 0.05) is 24.8 Å². The first-order valence-electron chi connectivity index (χ1n) is 13.0. The van der Waals surface area contributed by atoms with Crippen molar-refractivity contribution in [2.45, 2.75) is 78.4 Å². The fraction of sp³-hybridized carbons (Fsp3) is 0.704. The van der Waals surface area contributed by atoms with Gasteiger partial charge in [0.2, 0.25) is 11.8 Å². The van der Waals surface area contributed by atoms with Crippen LogP contribution >= 0.6 is 0 Å². The smallest absolute Gasteiger partial charge is 0.307 e. The van der Waals surface area contributed by atoms with E-state index in [0.29, 0.717) is 25.2 Å². The molecule has 0 spiro atoms. The Morgan fingerprint density at radius 2 is 1.81 bits per heavy atom. The van der Waals surface area contributed by atoms with Crippen molar-refractivity contribution < 1.29 is 34.2 Å². The van der Waals surface area contributed by atoms with Crippen molar-refractivity contribution in [2.75, 3.05) is 19.8 Å². The number of carbonyl (C=O) groups excluding carboxylic acids is 3. The fourth-order valence-electron chi connectivity index (χ4n) is 5.69. The van der Waals surface area contributed by atoms with Gasteiger partial charge in [-0.1, -0.05) is 22.4 Å². The van der Waals surface area contributed by atoms with Crippen molar-refractivity contribution in [3.8, 4) is 0 Å². The van der Waals surface area contributed by atoms with Gasteiger partial charge in [-0.25, -0.2) is 0 Å². The van der Waals surface area contributed by atoms with Gasteiger partial charge in [0.25, 0.3) is 0 Å². The van der Waals surface area contributed by atoms with E-state index in [1.54, 1.807) is 6.92 Å². The molecule has 6 atom stereocenters. The molecule has 2 saturated carbocycles. The highest BCUT2D eigenvalue weighted by molar-refractivity contribution is 6.06. The van der Waals surface area contributed by atoms with Gasteiger partial charge in [-0.05, 0) is 59.5 Å². The van der Waals surface area contributed by atoms with Crippen molar-refractivity contribution in [3.63, 3.8) is 0 Å². The summed E-state index contributed by atoms with van der Waals surface area (Å²) in [5.74, 6) is -3.36. The van der Waals surface area contributed by atoms with E-state index >= 15 is 0 Å². The summed E-state index contributed by atoms with van der Waals surface area (Å²) in [5.41, 5.74) is 3.11. The molecule has 0 bridgehead atoms. The Hall–Kier alpha value is -2.52. The molecule has 1 aliphatic heterocycles. The zero-order chi connectivity index (χ0) is 26.4. The van der Waals surface area contributed by atoms with Crippen LogP contribution in [-0.4, -0.2) is 70.6 Å². The Kier molecular flexibility index (Phi) is 9.84. The first kappa shape index (κ1) is 28.1. The second-order valence-corrected chi connectivity index (χ2v) is 10.3. The topological polar surface area (TPSA) is 126 Å². The molecule has 1 saturated heterocycles. The summed E-state index contributed by atoms with van der Waals surface area (Å²) in [6.45, 7) is 8.38. The van der Waals surface area contributed by atoms with Gasteiger partial charge in [-0.15, -0.1) is 0 Å². The predicted octanol–water partition coefficient (Wildman–Crippen LogP) is 2.76. The Morgan fingerprint density at radius 3 is 2.50 bits per heavy atom. The summed E-state index contributed by atoms with van der Waals surface area (Å²) in [6, 6.07) is 0. The number of ether oxygens (including phenoxy) is 1. The number of esters is 1. The molecule has 9 heteroatoms. The summed E-state index contributed by atoms with van der Waals surface area (Å²) < 4.78 is 4.91. The van der Waals surface area contributed by atoms with Crippen LogP contribution in [0.1, 0.15) is 66.2 Å². The van der Waals surface area contributed by atoms with Crippen LogP contribution in [0.15, 0.2) is 28.5 Å². The van der Waals surface area contributed by atoms with Gasteiger partial charge >= 0.3 is 5.97 Å². The number of oxime groups is 1. The quantitative estimate of drug-likeness (QED) is 0.154. The molecule has 3 fully saturated rings. The van der Waals surface area contributed by atoms with Crippen LogP contribution in [0, 0.1) is 23.7 Å². The first-order chi connectivity index (χ1) is 17.1. The van der Waals surface area contributed by atoms with E-state index in [2.05, 4.69) is 25.1 Å². The molecular formula is C27H40N2O7. The summed E-state index contributed by atoms with van der Waals surface area (Å²) in [7, 11) is 0. The molecule has 3 aliphatic rings. The monoisotopic (exact) mass is 504 g/mol. The van der Waals surface area contributed by atoms with Gasteiger partial charge in [0.1, 0.15) is 6.61 Å². The van der Waals surface area contributed by atoms with E-state index < -0.39 is 41.8 Å². The van der Waals surface area contributed by atoms with Gasteiger partial charge in [0.15, 0.2) is 0 Å². The van der Waals surface area contributed by atoms with Crippen molar-refractivity contribution in [2.24, 2.45) is 28.8 Å². The number of imide groups is 1. The molecule has 3 rings (SSSR count). The lowest BCUT2D eigenvalue weighted by Gasteiger charge is -2.45. The third-order valence-electron chi connectivity index (χ3n) is 7.49. The number of hydrogen-bond acceptors (Lipinski definition) is 8. The molecule has 0 unspecified atom stereocenters. The van der Waals surface area contributed by atoms with Crippen molar-refractivity contribution in [1.29, 1.82) is 0 Å². The van der Waals surface area contributed by atoms with Gasteiger partial charge in [-0.3, -0.25) is 19.3 Å². The molecule has 0 aromatic carbocycles. The lowest BCUT2D eigenvalue weighted by atomic mass is 9.60. The average Bonchev–Trinajstić information content (AvgIpc) is 3.07. The highest BCUT2D eigenvalue weighted by atomic mass is 16.6. The maximum absolute atomic E-state index is 13.3. The summed E-state index contributed by atoms with van der Waals surface area (Å²) in [6.07, 6.45) is 5.00. The summed E-state index contributed by atoms with van der Waals surface area (Å²) in [5, 5.41) is 25.7. The number of hydrogen-bond donors (Lipinski definition) is 2. The largest absolute Gasteiger partial charge is 0.466 e. The Bertz CT molecular complexity index is 921. The molecule has 0 radical (unpaired) electrons. The van der Waals surface area contributed by atoms with Crippen LogP contribution in [-0.2, 0) is 24.0 Å². The van der Waals surface area contributed by atoms with Gasteiger partial charge in [0.05, 0.1) is 42.8 Å². The first-order valence-corrected chi connectivity index (χ1v) is 13.0. The average molecular weight is 505 g/mol. The number of amides is 2. The lowest BCUT2D eigenvalue weighted by molar-refractivity contribution is -0.145. The molecular weight excluding hydrogens is 464 g/mol. The van der Waals surface area contributed by atoms with Crippen molar-refractivity contribution >= 4 is 23.5 Å². The van der Waals surface area contributed by atoms with E-state index in [1.165, 1.54) is 11.1 Å². The van der Waals surface area contributed by atoms with E-state index in [0.717, 1.165) is 17.7 Å². The number of aliphatic hydroxyl groups excluding tert-OH is 2. The SMILES string of the molecule is CCOC(=O)CCN1C(=O)[C@H]2[C@H]3[C@H](O)[C@H](O)CC(=NOCC=C(C)CCC=C(C)C)[C@H]3CC[C@H]2C1=O. The van der Waals surface area contributed by atoms with E-state index in [9.17, 15) is 24.6 Å². The zero-order valence-electron chi connectivity index (χ0n) is 21.8. The summed E-state index contributed by atoms with van der Waals surface area (Å²) in [4.78, 5) is 44.7. The number of aliphatic hydroxyl groups is 2. The third-order valence-corrected chi connectivity index (χ3v) is 7.49. The molecule has 2 N–H and O–H groups in total. The van der Waals surface area contributed by atoms with Crippen LogP contribution in [0.5, 0.6) is 0 Å². The van der Waals surface area contributed by atoms with E-state index in [-0.39, 0.29) is 37.8 Å². The second kappa shape index (κ2) is 12.6. The highest BCUT2D eigenvalue weighted by Crippen LogP contribution is 2.49. The van der Waals surface area contributed by atoms with Gasteiger partial charge in [-0.2, -0.15) is 0 Å². The number of allylic oxidation sites excluding steroid dienone is 3. The molecule has 0 aromatic rings. The molecule has 36 heavy (non-hydrogen) atoms. The van der Waals surface area contributed by atoms with Crippen LogP contribution in [0.2, 0.25) is 0 Å². The number of carbonyl (C=O) groups is 3. The van der Waals surface area contributed by atoms with Crippen molar-refractivity contribution in [3.05, 3.63) is 23.3 Å². The van der Waals surface area contributed by atoms with Crippen LogP contribution in [0.4, 0.5) is 0 Å². The molecule has 200 valence electrons. The minimum absolute atomic E-state index is 0.0388. The Labute approximate surface area is 213 Å². The number of likely N-dealkylation sites (tertiary alicyclic amines) is 1. The molecule has 2 aliphatic carbocycles. The molecule has 0 aromatic heterocycles. The van der Waals surface area contributed by atoms with Crippen LogP contribution in [0.3, 0.4) is 0 Å². The van der Waals surface area contributed by atoms with Crippen molar-refractivity contribution in [1.82, 2.24) is 4.90 Å². The normalized spacial score (nSPS) is 31.2. The maximum atomic E-state index is 13.3. The minimum Gasteiger partial charge on any atom is -0.466 e. The molecule has 1 heterocycles. The second-order valence-electron chi connectivity index (χ2n) is 10.3. The summed E-state index contributed by atoms with van der Waals surface area (Å²) >= 11 is 0. The maximum Gasteiger partial charge on any atom is 0.307 e. The number of rotatable bonds is 10. The lowest BCUT2D eigenvalue weighted by Crippen LogP contribution is -2.54. The van der Waals surface area contributed by atoms with E-state index in [4.69, 9.17) is 9.57 Å². The standard InChI is InChI=1S/C27H40N2O7/c1-5-35-22(31)11-13-29-26(33)19-10-9-18-20(15-21(30)25(32)23(18)24(19)27(29)34)28-36-14-12-17(4)8-6-7-16(2)3/h7,12,18-19,21,23-25,30,32H,5-6,8-11,13-15H2,1-4H3/t18-,19-,21-,23+,24-,25-/m1/s1. The molecule has 9 nitrogen and oxygen atoms in total.